The van der Waals surface area contributed by atoms with E-state index in [0.717, 1.165) is 35.6 Å². The van der Waals surface area contributed by atoms with Crippen molar-refractivity contribution in [2.24, 2.45) is 5.73 Å². The van der Waals surface area contributed by atoms with Gasteiger partial charge in [-0.05, 0) is 37.1 Å². The molecule has 2 atom stereocenters. The van der Waals surface area contributed by atoms with E-state index in [1.165, 1.54) is 4.70 Å². The molecular formula is C23H24N4O3S. The molecule has 8 heteroatoms. The standard InChI is InChI=1S/C23H24N4O3S/c24-22(29)19-13-27(17-8-2-3-9-18(17)30-19)14-21(28)26-11-5-6-15(12-26)23-25-16-7-1-4-10-20(16)31-23/h1-4,7-10,15,19H,5-6,11-14H2,(H2,24,29)/t15-,19+/m1/s1. The molecule has 31 heavy (non-hydrogen) atoms. The number of ether oxygens (including phenoxy) is 1. The molecule has 2 aliphatic rings. The molecule has 0 bridgehead atoms. The summed E-state index contributed by atoms with van der Waals surface area (Å²) in [5.74, 6) is 0.355. The van der Waals surface area contributed by atoms with Gasteiger partial charge in [-0.15, -0.1) is 11.3 Å². The molecule has 2 aliphatic heterocycles. The highest BCUT2D eigenvalue weighted by Crippen LogP contribution is 2.35. The minimum Gasteiger partial charge on any atom is -0.477 e. The van der Waals surface area contributed by atoms with Gasteiger partial charge in [-0.3, -0.25) is 9.59 Å². The number of anilines is 1. The van der Waals surface area contributed by atoms with E-state index >= 15 is 0 Å². The number of thiazole rings is 1. The zero-order chi connectivity index (χ0) is 21.4. The smallest absolute Gasteiger partial charge is 0.260 e. The van der Waals surface area contributed by atoms with Crippen LogP contribution < -0.4 is 15.4 Å². The third kappa shape index (κ3) is 3.95. The normalized spacial score (nSPS) is 20.9. The number of carbonyl (C=O) groups excluding carboxylic acids is 2. The van der Waals surface area contributed by atoms with Crippen LogP contribution in [0.25, 0.3) is 10.2 Å². The number of nitrogens with zero attached hydrogens (tertiary/aromatic N) is 3. The number of hydrogen-bond donors (Lipinski definition) is 1. The number of likely N-dealkylation sites (tertiary alicyclic amines) is 1. The van der Waals surface area contributed by atoms with Crippen molar-refractivity contribution in [3.05, 3.63) is 53.5 Å². The predicted octanol–water partition coefficient (Wildman–Crippen LogP) is 2.76. The Bertz CT molecular complexity index is 1100. The van der Waals surface area contributed by atoms with Gasteiger partial charge in [0.25, 0.3) is 5.91 Å². The molecule has 0 spiro atoms. The van der Waals surface area contributed by atoms with E-state index in [2.05, 4.69) is 6.07 Å². The number of fused-ring (bicyclic) bond motifs is 2. The third-order valence-electron chi connectivity index (χ3n) is 5.94. The third-order valence-corrected chi connectivity index (χ3v) is 7.14. The highest BCUT2D eigenvalue weighted by Gasteiger charge is 2.33. The van der Waals surface area contributed by atoms with Crippen molar-refractivity contribution in [2.75, 3.05) is 31.1 Å². The van der Waals surface area contributed by atoms with E-state index < -0.39 is 12.0 Å². The van der Waals surface area contributed by atoms with Gasteiger partial charge in [0.15, 0.2) is 6.10 Å². The van der Waals surface area contributed by atoms with E-state index in [0.29, 0.717) is 12.3 Å². The zero-order valence-electron chi connectivity index (χ0n) is 17.1. The molecule has 2 amide bonds. The van der Waals surface area contributed by atoms with Crippen LogP contribution in [-0.4, -0.2) is 54.0 Å². The van der Waals surface area contributed by atoms with Gasteiger partial charge in [0.2, 0.25) is 5.91 Å². The molecule has 0 unspecified atom stereocenters. The molecule has 1 fully saturated rings. The maximum absolute atomic E-state index is 13.2. The first kappa shape index (κ1) is 19.8. The molecule has 0 radical (unpaired) electrons. The quantitative estimate of drug-likeness (QED) is 0.679. The second-order valence-corrected chi connectivity index (χ2v) is 9.12. The van der Waals surface area contributed by atoms with E-state index in [1.54, 1.807) is 17.4 Å². The summed E-state index contributed by atoms with van der Waals surface area (Å²) in [5.41, 5.74) is 7.32. The SMILES string of the molecule is NC(=O)[C@@H]1CN(CC(=O)N2CCC[C@@H](c3nc4ccccc4s3)C2)c2ccccc2O1. The second-order valence-electron chi connectivity index (χ2n) is 8.06. The summed E-state index contributed by atoms with van der Waals surface area (Å²) in [7, 11) is 0. The number of carbonyl (C=O) groups is 2. The molecule has 3 aromatic rings. The number of benzene rings is 2. The van der Waals surface area contributed by atoms with Gasteiger partial charge in [0, 0.05) is 19.0 Å². The number of primary amides is 1. The van der Waals surface area contributed by atoms with Crippen LogP contribution in [0.5, 0.6) is 5.75 Å². The number of hydrogen-bond acceptors (Lipinski definition) is 6. The molecular weight excluding hydrogens is 412 g/mol. The fourth-order valence-electron chi connectivity index (χ4n) is 4.34. The maximum atomic E-state index is 13.2. The lowest BCUT2D eigenvalue weighted by Crippen LogP contribution is -2.51. The number of aromatic nitrogens is 1. The zero-order valence-corrected chi connectivity index (χ0v) is 17.9. The Morgan fingerprint density at radius 2 is 1.94 bits per heavy atom. The molecule has 3 heterocycles. The first-order valence-electron chi connectivity index (χ1n) is 10.5. The summed E-state index contributed by atoms with van der Waals surface area (Å²) < 4.78 is 6.89. The molecule has 7 nitrogen and oxygen atoms in total. The molecule has 160 valence electrons. The predicted molar refractivity (Wildman–Crippen MR) is 120 cm³/mol. The largest absolute Gasteiger partial charge is 0.477 e. The molecule has 0 aliphatic carbocycles. The van der Waals surface area contributed by atoms with E-state index in [-0.39, 0.29) is 24.9 Å². The lowest BCUT2D eigenvalue weighted by Gasteiger charge is -2.37. The molecule has 2 N–H and O–H groups in total. The molecule has 1 saturated heterocycles. The lowest BCUT2D eigenvalue weighted by atomic mass is 9.98. The van der Waals surface area contributed by atoms with Crippen LogP contribution in [0, 0.1) is 0 Å². The Balaban J connectivity index is 1.31. The summed E-state index contributed by atoms with van der Waals surface area (Å²) in [6.07, 6.45) is 1.23. The van der Waals surface area contributed by atoms with Crippen molar-refractivity contribution in [2.45, 2.75) is 24.9 Å². The van der Waals surface area contributed by atoms with E-state index in [1.807, 2.05) is 46.2 Å². The minimum absolute atomic E-state index is 0.0470. The first-order valence-corrected chi connectivity index (χ1v) is 11.3. The van der Waals surface area contributed by atoms with E-state index in [9.17, 15) is 9.59 Å². The highest BCUT2D eigenvalue weighted by molar-refractivity contribution is 7.18. The highest BCUT2D eigenvalue weighted by atomic mass is 32.1. The van der Waals surface area contributed by atoms with Crippen molar-refractivity contribution >= 4 is 39.1 Å². The number of nitrogens with two attached hydrogens (primary N) is 1. The Kier molecular flexibility index (Phi) is 5.23. The number of rotatable bonds is 4. The summed E-state index contributed by atoms with van der Waals surface area (Å²) in [4.78, 5) is 33.6. The van der Waals surface area contributed by atoms with Gasteiger partial charge in [-0.25, -0.2) is 4.98 Å². The average Bonchev–Trinajstić information content (AvgIpc) is 3.23. The number of amides is 2. The van der Waals surface area contributed by atoms with Crippen molar-refractivity contribution in [1.29, 1.82) is 0 Å². The van der Waals surface area contributed by atoms with Crippen molar-refractivity contribution in [3.8, 4) is 5.75 Å². The lowest BCUT2D eigenvalue weighted by molar-refractivity contribution is -0.131. The average molecular weight is 437 g/mol. The van der Waals surface area contributed by atoms with Crippen molar-refractivity contribution in [3.63, 3.8) is 0 Å². The van der Waals surface area contributed by atoms with Crippen molar-refractivity contribution < 1.29 is 14.3 Å². The summed E-state index contributed by atoms with van der Waals surface area (Å²) in [6, 6.07) is 15.6. The Labute approximate surface area is 184 Å². The molecule has 0 saturated carbocycles. The van der Waals surface area contributed by atoms with E-state index in [4.69, 9.17) is 15.5 Å². The van der Waals surface area contributed by atoms with Crippen LogP contribution in [-0.2, 0) is 9.59 Å². The summed E-state index contributed by atoms with van der Waals surface area (Å²) in [5, 5.41) is 1.10. The maximum Gasteiger partial charge on any atom is 0.260 e. The Hall–Kier alpha value is -3.13. The van der Waals surface area contributed by atoms with Gasteiger partial charge < -0.3 is 20.3 Å². The van der Waals surface area contributed by atoms with Gasteiger partial charge in [-0.2, -0.15) is 0 Å². The van der Waals surface area contributed by atoms with Crippen LogP contribution in [0.2, 0.25) is 0 Å². The van der Waals surface area contributed by atoms with Crippen LogP contribution in [0.15, 0.2) is 48.5 Å². The minimum atomic E-state index is -0.764. The summed E-state index contributed by atoms with van der Waals surface area (Å²) >= 11 is 1.72. The van der Waals surface area contributed by atoms with Gasteiger partial charge in [-0.1, -0.05) is 24.3 Å². The molecule has 5 rings (SSSR count). The van der Waals surface area contributed by atoms with Gasteiger partial charge in [0.05, 0.1) is 34.0 Å². The first-order chi connectivity index (χ1) is 15.1. The van der Waals surface area contributed by atoms with Crippen LogP contribution >= 0.6 is 11.3 Å². The second kappa shape index (κ2) is 8.19. The van der Waals surface area contributed by atoms with Crippen LogP contribution in [0.1, 0.15) is 23.8 Å². The summed E-state index contributed by atoms with van der Waals surface area (Å²) in [6.45, 7) is 1.87. The molecule has 1 aromatic heterocycles. The van der Waals surface area contributed by atoms with Gasteiger partial charge in [0.1, 0.15) is 5.75 Å². The van der Waals surface area contributed by atoms with Crippen LogP contribution in [0.3, 0.4) is 0 Å². The number of piperidine rings is 1. The topological polar surface area (TPSA) is 88.8 Å². The molecule has 2 aromatic carbocycles. The van der Waals surface area contributed by atoms with Crippen molar-refractivity contribution in [1.82, 2.24) is 9.88 Å². The fraction of sp³-hybridized carbons (Fsp3) is 0.348. The Morgan fingerprint density at radius 3 is 2.77 bits per heavy atom. The Morgan fingerprint density at radius 1 is 1.13 bits per heavy atom. The monoisotopic (exact) mass is 436 g/mol. The number of para-hydroxylation sites is 3. The fourth-order valence-corrected chi connectivity index (χ4v) is 5.43. The van der Waals surface area contributed by atoms with Gasteiger partial charge >= 0.3 is 0 Å². The van der Waals surface area contributed by atoms with Crippen LogP contribution in [0.4, 0.5) is 5.69 Å².